The van der Waals surface area contributed by atoms with Crippen LogP contribution in [0.4, 0.5) is 15.8 Å². The highest BCUT2D eigenvalue weighted by molar-refractivity contribution is 7.90. The Morgan fingerprint density at radius 1 is 1.00 bits per heavy atom. The van der Waals surface area contributed by atoms with Gasteiger partial charge in [-0.3, -0.25) is 0 Å². The summed E-state index contributed by atoms with van der Waals surface area (Å²) in [7, 11) is -3.75. The van der Waals surface area contributed by atoms with Crippen LogP contribution in [-0.2, 0) is 16.6 Å². The number of nitrogens with zero attached hydrogens (tertiary/aromatic N) is 2. The number of nitrogens with one attached hydrogen (secondary N) is 1. The Morgan fingerprint density at radius 3 is 2.52 bits per heavy atom. The second kappa shape index (κ2) is 7.13. The van der Waals surface area contributed by atoms with Crippen molar-refractivity contribution < 1.29 is 12.8 Å². The maximum Gasteiger partial charge on any atom is 0.286 e. The Labute approximate surface area is 160 Å². The predicted octanol–water partition coefficient (Wildman–Crippen LogP) is 4.11. The Balaban J connectivity index is 1.65. The van der Waals surface area contributed by atoms with E-state index in [2.05, 4.69) is 9.71 Å². The lowest BCUT2D eigenvalue weighted by Crippen LogP contribution is -2.35. The van der Waals surface area contributed by atoms with Crippen molar-refractivity contribution in [2.75, 3.05) is 16.8 Å². The SMILES string of the molecule is O=S1(=O)N=C(CN(Cc2cccs2)c2ccc(F)cc2)Nc2ccccc21. The molecule has 0 amide bonds. The van der Waals surface area contributed by atoms with E-state index in [4.69, 9.17) is 0 Å². The zero-order chi connectivity index (χ0) is 18.9. The van der Waals surface area contributed by atoms with Crippen molar-refractivity contribution in [2.24, 2.45) is 4.40 Å². The molecule has 2 heterocycles. The molecule has 1 aromatic heterocycles. The number of rotatable bonds is 5. The summed E-state index contributed by atoms with van der Waals surface area (Å²) in [4.78, 5) is 3.24. The second-order valence-electron chi connectivity index (χ2n) is 6.05. The normalized spacial score (nSPS) is 14.8. The highest BCUT2D eigenvalue weighted by Gasteiger charge is 2.25. The molecule has 8 heteroatoms. The van der Waals surface area contributed by atoms with Crippen LogP contribution in [0.25, 0.3) is 0 Å². The van der Waals surface area contributed by atoms with E-state index in [9.17, 15) is 12.8 Å². The van der Waals surface area contributed by atoms with Gasteiger partial charge in [0, 0.05) is 10.6 Å². The molecule has 0 aliphatic carbocycles. The minimum Gasteiger partial charge on any atom is -0.359 e. The molecule has 3 aromatic rings. The number of hydrogen-bond acceptors (Lipinski definition) is 5. The molecule has 0 saturated heterocycles. The molecule has 0 saturated carbocycles. The second-order valence-corrected chi connectivity index (χ2v) is 8.65. The van der Waals surface area contributed by atoms with Gasteiger partial charge in [0.2, 0.25) is 0 Å². The maximum atomic E-state index is 13.3. The molecule has 0 radical (unpaired) electrons. The van der Waals surface area contributed by atoms with Crippen LogP contribution >= 0.6 is 11.3 Å². The van der Waals surface area contributed by atoms with Crippen molar-refractivity contribution in [3.8, 4) is 0 Å². The number of anilines is 2. The van der Waals surface area contributed by atoms with E-state index in [1.165, 1.54) is 18.2 Å². The molecule has 1 aliphatic heterocycles. The topological polar surface area (TPSA) is 61.8 Å². The van der Waals surface area contributed by atoms with E-state index in [0.29, 0.717) is 18.1 Å². The van der Waals surface area contributed by atoms with Crippen LogP contribution in [0.3, 0.4) is 0 Å². The van der Waals surface area contributed by atoms with Gasteiger partial charge in [0.1, 0.15) is 16.5 Å². The van der Waals surface area contributed by atoms with Crippen molar-refractivity contribution in [3.63, 3.8) is 0 Å². The smallest absolute Gasteiger partial charge is 0.286 e. The van der Waals surface area contributed by atoms with Crippen LogP contribution in [0.2, 0.25) is 0 Å². The molecule has 138 valence electrons. The van der Waals surface area contributed by atoms with E-state index < -0.39 is 10.0 Å². The van der Waals surface area contributed by atoms with Crippen molar-refractivity contribution >= 4 is 38.6 Å². The van der Waals surface area contributed by atoms with Crippen molar-refractivity contribution in [1.29, 1.82) is 0 Å². The summed E-state index contributed by atoms with van der Waals surface area (Å²) in [6.07, 6.45) is 0. The van der Waals surface area contributed by atoms with Gasteiger partial charge < -0.3 is 10.2 Å². The Bertz CT molecular complexity index is 1080. The standard InChI is InChI=1S/C19H16FN3O2S2/c20-14-7-9-15(10-8-14)23(12-16-4-3-11-26-16)13-19-21-17-5-1-2-6-18(17)27(24,25)22-19/h1-11H,12-13H2,(H,21,22). The minimum atomic E-state index is -3.75. The number of benzene rings is 2. The number of amidine groups is 1. The zero-order valence-corrected chi connectivity index (χ0v) is 15.8. The molecule has 0 bridgehead atoms. The van der Waals surface area contributed by atoms with Gasteiger partial charge in [-0.2, -0.15) is 8.42 Å². The van der Waals surface area contributed by atoms with Gasteiger partial charge in [-0.25, -0.2) is 4.39 Å². The Kier molecular flexibility index (Phi) is 4.67. The molecule has 5 nitrogen and oxygen atoms in total. The summed E-state index contributed by atoms with van der Waals surface area (Å²) in [5.41, 5.74) is 1.29. The quantitative estimate of drug-likeness (QED) is 0.699. The molecular formula is C19H16FN3O2S2. The van der Waals surface area contributed by atoms with Gasteiger partial charge in [-0.1, -0.05) is 18.2 Å². The molecule has 2 aromatic carbocycles. The zero-order valence-electron chi connectivity index (χ0n) is 14.2. The number of sulfonamides is 1. The first-order chi connectivity index (χ1) is 13.0. The largest absolute Gasteiger partial charge is 0.359 e. The minimum absolute atomic E-state index is 0.167. The van der Waals surface area contributed by atoms with E-state index in [1.807, 2.05) is 22.4 Å². The van der Waals surface area contributed by atoms with Gasteiger partial charge in [-0.05, 0) is 47.8 Å². The Morgan fingerprint density at radius 2 is 1.78 bits per heavy atom. The van der Waals surface area contributed by atoms with Gasteiger partial charge >= 0.3 is 0 Å². The lowest BCUT2D eigenvalue weighted by molar-refractivity contribution is 0.597. The van der Waals surface area contributed by atoms with E-state index in [1.54, 1.807) is 41.7 Å². The molecule has 0 fully saturated rings. The lowest BCUT2D eigenvalue weighted by atomic mass is 10.2. The monoisotopic (exact) mass is 401 g/mol. The molecule has 0 spiro atoms. The van der Waals surface area contributed by atoms with Crippen LogP contribution in [-0.4, -0.2) is 20.8 Å². The number of hydrogen-bond donors (Lipinski definition) is 1. The molecule has 4 rings (SSSR count). The van der Waals surface area contributed by atoms with E-state index in [0.717, 1.165) is 10.6 Å². The fraction of sp³-hybridized carbons (Fsp3) is 0.105. The van der Waals surface area contributed by atoms with Gasteiger partial charge in [-0.15, -0.1) is 15.7 Å². The van der Waals surface area contributed by atoms with Gasteiger partial charge in [0.15, 0.2) is 0 Å². The molecule has 1 aliphatic rings. The van der Waals surface area contributed by atoms with Crippen LogP contribution in [0, 0.1) is 5.82 Å². The highest BCUT2D eigenvalue weighted by Crippen LogP contribution is 2.28. The first-order valence-electron chi connectivity index (χ1n) is 8.24. The van der Waals surface area contributed by atoms with Crippen LogP contribution in [0.5, 0.6) is 0 Å². The van der Waals surface area contributed by atoms with Crippen LogP contribution in [0.1, 0.15) is 4.88 Å². The first kappa shape index (κ1) is 17.7. The van der Waals surface area contributed by atoms with Crippen molar-refractivity contribution in [2.45, 2.75) is 11.4 Å². The molecule has 0 atom stereocenters. The van der Waals surface area contributed by atoms with Gasteiger partial charge in [0.25, 0.3) is 10.0 Å². The number of thiophene rings is 1. The molecule has 1 N–H and O–H groups in total. The fourth-order valence-electron chi connectivity index (χ4n) is 2.90. The third kappa shape index (κ3) is 3.86. The highest BCUT2D eigenvalue weighted by atomic mass is 32.2. The summed E-state index contributed by atoms with van der Waals surface area (Å²) in [6.45, 7) is 0.808. The Hall–Kier alpha value is -2.71. The first-order valence-corrected chi connectivity index (χ1v) is 10.6. The number of halogens is 1. The third-order valence-electron chi connectivity index (χ3n) is 4.13. The summed E-state index contributed by atoms with van der Waals surface area (Å²) in [5.74, 6) is 0.00837. The average molecular weight is 401 g/mol. The van der Waals surface area contributed by atoms with E-state index in [-0.39, 0.29) is 17.3 Å². The van der Waals surface area contributed by atoms with Crippen molar-refractivity contribution in [3.05, 3.63) is 76.7 Å². The summed E-state index contributed by atoms with van der Waals surface area (Å²) in [5, 5.41) is 5.08. The predicted molar refractivity (Wildman–Crippen MR) is 106 cm³/mol. The van der Waals surface area contributed by atoms with Gasteiger partial charge in [0.05, 0.1) is 18.8 Å². The number of para-hydroxylation sites is 1. The fourth-order valence-corrected chi connectivity index (χ4v) is 4.76. The average Bonchev–Trinajstić information content (AvgIpc) is 3.14. The summed E-state index contributed by atoms with van der Waals surface area (Å²) >= 11 is 1.61. The van der Waals surface area contributed by atoms with E-state index >= 15 is 0 Å². The molecule has 27 heavy (non-hydrogen) atoms. The van der Waals surface area contributed by atoms with Crippen LogP contribution < -0.4 is 10.2 Å². The molecular weight excluding hydrogens is 385 g/mol. The number of fused-ring (bicyclic) bond motifs is 1. The summed E-state index contributed by atoms with van der Waals surface area (Å²) in [6, 6.07) is 16.8. The summed E-state index contributed by atoms with van der Waals surface area (Å²) < 4.78 is 42.2. The van der Waals surface area contributed by atoms with Crippen LogP contribution in [0.15, 0.2) is 75.3 Å². The molecule has 0 unspecified atom stereocenters. The maximum absolute atomic E-state index is 13.3. The third-order valence-corrected chi connectivity index (χ3v) is 6.37. The van der Waals surface area contributed by atoms with Crippen molar-refractivity contribution in [1.82, 2.24) is 0 Å². The lowest BCUT2D eigenvalue weighted by Gasteiger charge is -2.27.